The Kier molecular flexibility index (Phi) is 5.12. The van der Waals surface area contributed by atoms with Crippen LogP contribution in [0.15, 0.2) is 0 Å². The Hall–Kier alpha value is -0.710. The number of likely N-dealkylation sites (tertiary alicyclic amines) is 1. The third-order valence-corrected chi connectivity index (χ3v) is 2.96. The summed E-state index contributed by atoms with van der Waals surface area (Å²) in [7, 11) is 0. The molecular weight excluding hydrogens is 214 g/mol. The van der Waals surface area contributed by atoms with E-state index in [-0.39, 0.29) is 19.0 Å². The molecule has 0 atom stereocenters. The molecule has 1 aliphatic heterocycles. The maximum absolute atomic E-state index is 13.3. The van der Waals surface area contributed by atoms with Gasteiger partial charge >= 0.3 is 0 Å². The highest BCUT2D eigenvalue weighted by Crippen LogP contribution is 2.23. The fourth-order valence-corrected chi connectivity index (χ4v) is 2.13. The van der Waals surface area contributed by atoms with E-state index in [4.69, 9.17) is 0 Å². The summed E-state index contributed by atoms with van der Waals surface area (Å²) in [4.78, 5) is 12.0. The van der Waals surface area contributed by atoms with Crippen LogP contribution in [0, 0.1) is 0 Å². The molecule has 0 saturated carbocycles. The molecule has 0 aromatic carbocycles. The highest BCUT2D eigenvalue weighted by Gasteiger charge is 2.32. The zero-order valence-electron chi connectivity index (χ0n) is 9.72. The first-order valence-electron chi connectivity index (χ1n) is 5.87. The van der Waals surface area contributed by atoms with Crippen molar-refractivity contribution < 1.29 is 13.6 Å². The lowest BCUT2D eigenvalue weighted by Gasteiger charge is -2.33. The quantitative estimate of drug-likeness (QED) is 0.708. The highest BCUT2D eigenvalue weighted by atomic mass is 19.3. The molecule has 1 saturated heterocycles. The van der Waals surface area contributed by atoms with Crippen molar-refractivity contribution >= 4 is 6.41 Å². The van der Waals surface area contributed by atoms with E-state index < -0.39 is 5.92 Å². The van der Waals surface area contributed by atoms with Crippen LogP contribution in [0.4, 0.5) is 8.78 Å². The minimum atomic E-state index is -2.57. The number of hydrogen-bond donors (Lipinski definition) is 1. The van der Waals surface area contributed by atoms with Gasteiger partial charge in [-0.25, -0.2) is 8.78 Å². The summed E-state index contributed by atoms with van der Waals surface area (Å²) in [6.45, 7) is 2.92. The predicted molar refractivity (Wildman–Crippen MR) is 58.5 cm³/mol. The van der Waals surface area contributed by atoms with Gasteiger partial charge in [-0.05, 0) is 12.8 Å². The number of carbonyl (C=O) groups is 1. The van der Waals surface area contributed by atoms with Gasteiger partial charge in [0.05, 0.1) is 6.54 Å². The molecule has 0 bridgehead atoms. The molecule has 1 aliphatic rings. The second-order valence-electron chi connectivity index (χ2n) is 4.44. The van der Waals surface area contributed by atoms with Crippen LogP contribution in [-0.2, 0) is 4.79 Å². The van der Waals surface area contributed by atoms with Crippen molar-refractivity contribution in [3.05, 3.63) is 0 Å². The summed E-state index contributed by atoms with van der Waals surface area (Å²) >= 11 is 0. The van der Waals surface area contributed by atoms with Crippen LogP contribution in [0.3, 0.4) is 0 Å². The number of amides is 1. The summed E-state index contributed by atoms with van der Waals surface area (Å²) in [6, 6.07) is 0.161. The Morgan fingerprint density at radius 3 is 2.56 bits per heavy atom. The Labute approximate surface area is 95.2 Å². The molecule has 5 heteroatoms. The average Bonchev–Trinajstić information content (AvgIpc) is 2.21. The van der Waals surface area contributed by atoms with Gasteiger partial charge in [-0.15, -0.1) is 0 Å². The first-order chi connectivity index (χ1) is 7.57. The molecule has 1 amide bonds. The minimum Gasteiger partial charge on any atom is -0.356 e. The zero-order chi connectivity index (χ0) is 12.0. The van der Waals surface area contributed by atoms with E-state index in [9.17, 15) is 13.6 Å². The molecule has 0 aliphatic carbocycles. The molecule has 1 fully saturated rings. The van der Waals surface area contributed by atoms with Crippen molar-refractivity contribution in [2.75, 3.05) is 19.6 Å². The molecule has 1 N–H and O–H groups in total. The van der Waals surface area contributed by atoms with Gasteiger partial charge in [-0.1, -0.05) is 13.3 Å². The van der Waals surface area contributed by atoms with Crippen LogP contribution in [0.1, 0.15) is 32.6 Å². The number of nitrogens with zero attached hydrogens (tertiary/aromatic N) is 1. The summed E-state index contributed by atoms with van der Waals surface area (Å²) in [6.07, 6.45) is 2.68. The molecule has 0 aromatic heterocycles. The van der Waals surface area contributed by atoms with Crippen molar-refractivity contribution in [1.82, 2.24) is 10.2 Å². The molecule has 16 heavy (non-hydrogen) atoms. The third-order valence-electron chi connectivity index (χ3n) is 2.96. The van der Waals surface area contributed by atoms with Crippen LogP contribution < -0.4 is 5.32 Å². The Morgan fingerprint density at radius 1 is 1.44 bits per heavy atom. The van der Waals surface area contributed by atoms with E-state index >= 15 is 0 Å². The Bertz CT molecular complexity index is 216. The minimum absolute atomic E-state index is 0.0421. The van der Waals surface area contributed by atoms with Crippen molar-refractivity contribution in [3.8, 4) is 0 Å². The van der Waals surface area contributed by atoms with Crippen LogP contribution in [0.2, 0.25) is 0 Å². The van der Waals surface area contributed by atoms with Crippen molar-refractivity contribution in [1.29, 1.82) is 0 Å². The molecule has 0 unspecified atom stereocenters. The Balaban J connectivity index is 2.28. The molecule has 1 heterocycles. The monoisotopic (exact) mass is 234 g/mol. The highest BCUT2D eigenvalue weighted by molar-refractivity contribution is 5.46. The second kappa shape index (κ2) is 6.13. The van der Waals surface area contributed by atoms with Gasteiger partial charge in [-0.2, -0.15) is 0 Å². The van der Waals surface area contributed by atoms with E-state index in [2.05, 4.69) is 5.32 Å². The molecule has 94 valence electrons. The number of halogens is 2. The number of nitrogens with one attached hydrogen (secondary N) is 1. The maximum atomic E-state index is 13.3. The van der Waals surface area contributed by atoms with Crippen LogP contribution in [0.5, 0.6) is 0 Å². The Morgan fingerprint density at radius 2 is 2.06 bits per heavy atom. The van der Waals surface area contributed by atoms with Gasteiger partial charge in [0, 0.05) is 25.6 Å². The summed E-state index contributed by atoms with van der Waals surface area (Å²) in [5.41, 5.74) is 0. The summed E-state index contributed by atoms with van der Waals surface area (Å²) < 4.78 is 26.7. The SMILES string of the molecule is CCCC(F)(F)CN1CCC(NC=O)CC1. The van der Waals surface area contributed by atoms with Gasteiger partial charge in [0.25, 0.3) is 5.92 Å². The zero-order valence-corrected chi connectivity index (χ0v) is 9.72. The number of alkyl halides is 2. The second-order valence-corrected chi connectivity index (χ2v) is 4.44. The fourth-order valence-electron chi connectivity index (χ4n) is 2.13. The van der Waals surface area contributed by atoms with Gasteiger partial charge < -0.3 is 5.32 Å². The van der Waals surface area contributed by atoms with Crippen LogP contribution >= 0.6 is 0 Å². The summed E-state index contributed by atoms with van der Waals surface area (Å²) in [5.74, 6) is -2.57. The van der Waals surface area contributed by atoms with E-state index in [1.807, 2.05) is 0 Å². The predicted octanol–water partition coefficient (Wildman–Crippen LogP) is 1.63. The maximum Gasteiger partial charge on any atom is 0.260 e. The molecule has 3 nitrogen and oxygen atoms in total. The first kappa shape index (κ1) is 13.4. The number of piperidine rings is 1. The number of hydrogen-bond acceptors (Lipinski definition) is 2. The van der Waals surface area contributed by atoms with Crippen LogP contribution in [0.25, 0.3) is 0 Å². The molecular formula is C11H20F2N2O. The lowest BCUT2D eigenvalue weighted by Crippen LogP contribution is -2.46. The molecule has 1 rings (SSSR count). The summed E-state index contributed by atoms with van der Waals surface area (Å²) in [5, 5.41) is 2.70. The van der Waals surface area contributed by atoms with E-state index in [0.717, 1.165) is 12.8 Å². The molecule has 0 radical (unpaired) electrons. The normalized spacial score (nSPS) is 19.7. The third kappa shape index (κ3) is 4.43. The molecule has 0 aromatic rings. The molecule has 0 spiro atoms. The van der Waals surface area contributed by atoms with E-state index in [1.165, 1.54) is 0 Å². The average molecular weight is 234 g/mol. The standard InChI is InChI=1S/C11H20F2N2O/c1-2-5-11(12,13)8-15-6-3-10(4-7-15)14-9-16/h9-10H,2-8H2,1H3,(H,14,16). The van der Waals surface area contributed by atoms with Crippen LogP contribution in [-0.4, -0.2) is 42.9 Å². The first-order valence-corrected chi connectivity index (χ1v) is 5.87. The lowest BCUT2D eigenvalue weighted by atomic mass is 10.0. The van der Waals surface area contributed by atoms with E-state index in [1.54, 1.807) is 11.8 Å². The van der Waals surface area contributed by atoms with Crippen molar-refractivity contribution in [2.45, 2.75) is 44.6 Å². The fraction of sp³-hybridized carbons (Fsp3) is 0.909. The van der Waals surface area contributed by atoms with Gasteiger partial charge in [0.15, 0.2) is 0 Å². The number of carbonyl (C=O) groups excluding carboxylic acids is 1. The van der Waals surface area contributed by atoms with Crippen molar-refractivity contribution in [3.63, 3.8) is 0 Å². The lowest BCUT2D eigenvalue weighted by molar-refractivity contribution is -0.110. The van der Waals surface area contributed by atoms with Gasteiger partial charge in [0.2, 0.25) is 6.41 Å². The van der Waals surface area contributed by atoms with Gasteiger partial charge in [-0.3, -0.25) is 9.69 Å². The largest absolute Gasteiger partial charge is 0.356 e. The number of rotatable bonds is 6. The smallest absolute Gasteiger partial charge is 0.260 e. The van der Waals surface area contributed by atoms with Crippen molar-refractivity contribution in [2.24, 2.45) is 0 Å². The van der Waals surface area contributed by atoms with Gasteiger partial charge in [0.1, 0.15) is 0 Å². The topological polar surface area (TPSA) is 32.3 Å². The van der Waals surface area contributed by atoms with E-state index in [0.29, 0.717) is 25.9 Å².